The van der Waals surface area contributed by atoms with Gasteiger partial charge in [0.15, 0.2) is 0 Å². The summed E-state index contributed by atoms with van der Waals surface area (Å²) in [6.45, 7) is 4.08. The van der Waals surface area contributed by atoms with Crippen LogP contribution in [0.5, 0.6) is 0 Å². The maximum atomic E-state index is 6.32. The number of furan rings is 1. The Bertz CT molecular complexity index is 2730. The van der Waals surface area contributed by atoms with Crippen LogP contribution in [0.15, 0.2) is 181 Å². The molecule has 0 radical (unpaired) electrons. The highest BCUT2D eigenvalue weighted by atomic mass is 16.3. The number of anilines is 3. The fraction of sp³-hybridized carbons (Fsp3) is 0. The molecule has 0 saturated carbocycles. The smallest absolute Gasteiger partial charge is 0.136 e. The van der Waals surface area contributed by atoms with E-state index >= 15 is 0 Å². The third kappa shape index (κ3) is 5.15. The van der Waals surface area contributed by atoms with Gasteiger partial charge in [-0.25, -0.2) is 0 Å². The highest BCUT2D eigenvalue weighted by molar-refractivity contribution is 6.09. The number of rotatable bonds is 7. The van der Waals surface area contributed by atoms with Crippen LogP contribution >= 0.6 is 0 Å². The largest absolute Gasteiger partial charge is 0.456 e. The summed E-state index contributed by atoms with van der Waals surface area (Å²) in [5.41, 5.74) is 8.55. The molecular formula is C48H33NO. The fourth-order valence-electron chi connectivity index (χ4n) is 7.23. The number of benzene rings is 8. The van der Waals surface area contributed by atoms with Crippen LogP contribution in [-0.2, 0) is 0 Å². The Morgan fingerprint density at radius 2 is 1.14 bits per heavy atom. The Balaban J connectivity index is 1.24. The molecule has 9 rings (SSSR count). The van der Waals surface area contributed by atoms with Crippen molar-refractivity contribution in [3.63, 3.8) is 0 Å². The molecule has 9 aromatic rings. The van der Waals surface area contributed by atoms with Crippen molar-refractivity contribution >= 4 is 78.6 Å². The van der Waals surface area contributed by atoms with Crippen molar-refractivity contribution in [1.29, 1.82) is 0 Å². The van der Waals surface area contributed by atoms with E-state index in [-0.39, 0.29) is 0 Å². The maximum absolute atomic E-state index is 6.32. The molecular weight excluding hydrogens is 607 g/mol. The van der Waals surface area contributed by atoms with Gasteiger partial charge in [-0.05, 0) is 92.0 Å². The summed E-state index contributed by atoms with van der Waals surface area (Å²) >= 11 is 0. The summed E-state index contributed by atoms with van der Waals surface area (Å²) in [5.74, 6) is 0.761. The van der Waals surface area contributed by atoms with Gasteiger partial charge in [-0.3, -0.25) is 0 Å². The SMILES string of the molecule is C=Cc1oc2cc3ccccc3cc2c1/C=C/c1ccccc1N(c1ccc2c(ccc3ccccc32)c1)c1ccccc1-c1ccccc1. The van der Waals surface area contributed by atoms with Crippen molar-refractivity contribution in [2.75, 3.05) is 4.90 Å². The molecule has 0 saturated heterocycles. The zero-order chi connectivity index (χ0) is 33.4. The Labute approximate surface area is 291 Å². The van der Waals surface area contributed by atoms with Crippen LogP contribution in [0.1, 0.15) is 16.9 Å². The highest BCUT2D eigenvalue weighted by Gasteiger charge is 2.20. The Morgan fingerprint density at radius 3 is 1.98 bits per heavy atom. The molecule has 0 aliphatic heterocycles. The van der Waals surface area contributed by atoms with E-state index in [1.807, 2.05) is 0 Å². The molecule has 0 bridgehead atoms. The molecule has 0 aliphatic rings. The van der Waals surface area contributed by atoms with E-state index in [1.54, 1.807) is 6.08 Å². The minimum Gasteiger partial charge on any atom is -0.456 e. The topological polar surface area (TPSA) is 16.4 Å². The Morgan fingerprint density at radius 1 is 0.480 bits per heavy atom. The van der Waals surface area contributed by atoms with Crippen LogP contribution in [0.4, 0.5) is 17.1 Å². The molecule has 1 aromatic heterocycles. The van der Waals surface area contributed by atoms with Gasteiger partial charge in [0.1, 0.15) is 11.3 Å². The molecule has 236 valence electrons. The lowest BCUT2D eigenvalue weighted by Gasteiger charge is -2.29. The molecule has 0 aliphatic carbocycles. The second-order valence-corrected chi connectivity index (χ2v) is 12.6. The summed E-state index contributed by atoms with van der Waals surface area (Å²) < 4.78 is 6.32. The van der Waals surface area contributed by atoms with Crippen LogP contribution < -0.4 is 4.90 Å². The van der Waals surface area contributed by atoms with Crippen LogP contribution in [-0.4, -0.2) is 0 Å². The van der Waals surface area contributed by atoms with Gasteiger partial charge in [0.05, 0.1) is 11.4 Å². The lowest BCUT2D eigenvalue weighted by atomic mass is 9.98. The molecule has 0 amide bonds. The molecule has 1 heterocycles. The second-order valence-electron chi connectivity index (χ2n) is 12.6. The Kier molecular flexibility index (Phi) is 7.33. The van der Waals surface area contributed by atoms with Crippen molar-refractivity contribution in [3.05, 3.63) is 193 Å². The van der Waals surface area contributed by atoms with E-state index < -0.39 is 0 Å². The molecule has 8 aromatic carbocycles. The molecule has 2 nitrogen and oxygen atoms in total. The molecule has 0 unspecified atom stereocenters. The first-order valence-electron chi connectivity index (χ1n) is 17.0. The number of nitrogens with zero attached hydrogens (tertiary/aromatic N) is 1. The molecule has 0 spiro atoms. The van der Waals surface area contributed by atoms with Gasteiger partial charge in [-0.2, -0.15) is 0 Å². The van der Waals surface area contributed by atoms with Crippen molar-refractivity contribution in [1.82, 2.24) is 0 Å². The van der Waals surface area contributed by atoms with Gasteiger partial charge in [-0.1, -0.05) is 146 Å². The van der Waals surface area contributed by atoms with Crippen molar-refractivity contribution in [2.45, 2.75) is 0 Å². The summed E-state index contributed by atoms with van der Waals surface area (Å²) in [6.07, 6.45) is 6.18. The van der Waals surface area contributed by atoms with Crippen molar-refractivity contribution in [2.24, 2.45) is 0 Å². The van der Waals surface area contributed by atoms with E-state index in [0.717, 1.165) is 55.9 Å². The first-order chi connectivity index (χ1) is 24.7. The van der Waals surface area contributed by atoms with Crippen LogP contribution in [0.3, 0.4) is 0 Å². The highest BCUT2D eigenvalue weighted by Crippen LogP contribution is 2.44. The fourth-order valence-corrected chi connectivity index (χ4v) is 7.23. The van der Waals surface area contributed by atoms with E-state index in [2.05, 4.69) is 193 Å². The summed E-state index contributed by atoms with van der Waals surface area (Å²) in [4.78, 5) is 2.39. The van der Waals surface area contributed by atoms with Crippen LogP contribution in [0, 0.1) is 0 Å². The van der Waals surface area contributed by atoms with Gasteiger partial charge in [-0.15, -0.1) is 0 Å². The molecule has 50 heavy (non-hydrogen) atoms. The second kappa shape index (κ2) is 12.4. The minimum absolute atomic E-state index is 0.761. The number of para-hydroxylation sites is 2. The van der Waals surface area contributed by atoms with Crippen LogP contribution in [0.2, 0.25) is 0 Å². The lowest BCUT2D eigenvalue weighted by Crippen LogP contribution is -2.12. The summed E-state index contributed by atoms with van der Waals surface area (Å²) in [5, 5.41) is 8.35. The zero-order valence-electron chi connectivity index (χ0n) is 27.5. The molecule has 0 fully saturated rings. The predicted molar refractivity (Wildman–Crippen MR) is 214 cm³/mol. The van der Waals surface area contributed by atoms with E-state index in [9.17, 15) is 0 Å². The zero-order valence-corrected chi connectivity index (χ0v) is 27.5. The normalized spacial score (nSPS) is 11.6. The number of hydrogen-bond donors (Lipinski definition) is 0. The van der Waals surface area contributed by atoms with E-state index in [4.69, 9.17) is 4.42 Å². The maximum Gasteiger partial charge on any atom is 0.136 e. The first-order valence-corrected chi connectivity index (χ1v) is 17.0. The number of hydrogen-bond acceptors (Lipinski definition) is 2. The van der Waals surface area contributed by atoms with Crippen LogP contribution in [0.25, 0.3) is 72.6 Å². The third-order valence-electron chi connectivity index (χ3n) is 9.63. The van der Waals surface area contributed by atoms with Gasteiger partial charge < -0.3 is 9.32 Å². The molecule has 0 N–H and O–H groups in total. The monoisotopic (exact) mass is 639 g/mol. The molecule has 0 atom stereocenters. The van der Waals surface area contributed by atoms with Gasteiger partial charge in [0.2, 0.25) is 0 Å². The van der Waals surface area contributed by atoms with Crippen molar-refractivity contribution < 1.29 is 4.42 Å². The minimum atomic E-state index is 0.761. The molecule has 2 heteroatoms. The quantitative estimate of drug-likeness (QED) is 0.161. The summed E-state index contributed by atoms with van der Waals surface area (Å²) in [6, 6.07) is 60.5. The van der Waals surface area contributed by atoms with Gasteiger partial charge in [0, 0.05) is 22.2 Å². The van der Waals surface area contributed by atoms with E-state index in [1.165, 1.54) is 32.5 Å². The lowest BCUT2D eigenvalue weighted by molar-refractivity contribution is 0.604. The van der Waals surface area contributed by atoms with Gasteiger partial charge >= 0.3 is 0 Å². The average molecular weight is 640 g/mol. The number of fused-ring (bicyclic) bond motifs is 5. The van der Waals surface area contributed by atoms with Crippen molar-refractivity contribution in [3.8, 4) is 11.1 Å². The Hall–Kier alpha value is -6.64. The van der Waals surface area contributed by atoms with Gasteiger partial charge in [0.25, 0.3) is 0 Å². The van der Waals surface area contributed by atoms with E-state index in [0.29, 0.717) is 0 Å². The predicted octanol–water partition coefficient (Wildman–Crippen LogP) is 13.8. The standard InChI is InChI=1S/C48H33NO/c1-2-47-43(44-31-36-18-6-7-19-37(36)32-48(44)50-47)28-26-35-17-9-12-22-45(35)49(46-23-13-11-21-42(46)33-14-4-3-5-15-33)39-27-29-41-38(30-39)25-24-34-16-8-10-20-40(34)41/h2-32H,1H2/b28-26+. The third-order valence-corrected chi connectivity index (χ3v) is 9.63. The average Bonchev–Trinajstić information content (AvgIpc) is 3.53. The first kappa shape index (κ1) is 29.5. The summed E-state index contributed by atoms with van der Waals surface area (Å²) in [7, 11) is 0.